The lowest BCUT2D eigenvalue weighted by Gasteiger charge is -2.19. The van der Waals surface area contributed by atoms with E-state index in [1.807, 2.05) is 20.8 Å². The summed E-state index contributed by atoms with van der Waals surface area (Å²) in [6.45, 7) is 8.31. The fourth-order valence-corrected chi connectivity index (χ4v) is 1.42. The van der Waals surface area contributed by atoms with Gasteiger partial charge in [-0.3, -0.25) is 4.79 Å². The first-order valence-corrected chi connectivity index (χ1v) is 6.23. The highest BCUT2D eigenvalue weighted by atomic mass is 16.3. The van der Waals surface area contributed by atoms with Crippen molar-refractivity contribution in [2.45, 2.75) is 65.1 Å². The molecule has 0 aromatic heterocycles. The molecule has 0 aliphatic carbocycles. The second kappa shape index (κ2) is 8.53. The third kappa shape index (κ3) is 6.80. The van der Waals surface area contributed by atoms with Gasteiger partial charge in [0.1, 0.15) is 0 Å². The molecule has 3 unspecified atom stereocenters. The largest absolute Gasteiger partial charge is 0.392 e. The molecule has 0 aliphatic heterocycles. The van der Waals surface area contributed by atoms with Gasteiger partial charge in [0.05, 0.1) is 12.1 Å². The van der Waals surface area contributed by atoms with Gasteiger partial charge in [-0.1, -0.05) is 20.3 Å². The molecule has 4 heteroatoms. The first-order valence-electron chi connectivity index (χ1n) is 6.23. The van der Waals surface area contributed by atoms with Crippen LogP contribution >= 0.6 is 0 Å². The van der Waals surface area contributed by atoms with Crippen LogP contribution in [0.5, 0.6) is 0 Å². The molecule has 0 rings (SSSR count). The standard InChI is InChI=1S/C12H26N2O2/c1-5-7-9(3)14-12(16)10(4)13-8-11(15)6-2/h9-11,13,15H,5-8H2,1-4H3,(H,14,16). The lowest BCUT2D eigenvalue weighted by Crippen LogP contribution is -2.47. The summed E-state index contributed by atoms with van der Waals surface area (Å²) < 4.78 is 0. The third-order valence-corrected chi connectivity index (χ3v) is 2.63. The fraction of sp³-hybridized carbons (Fsp3) is 0.917. The Kier molecular flexibility index (Phi) is 8.21. The van der Waals surface area contributed by atoms with Crippen molar-refractivity contribution in [1.82, 2.24) is 10.6 Å². The number of aliphatic hydroxyl groups is 1. The van der Waals surface area contributed by atoms with Crippen LogP contribution in [-0.2, 0) is 4.79 Å². The molecule has 0 aromatic carbocycles. The van der Waals surface area contributed by atoms with Crippen molar-refractivity contribution in [2.24, 2.45) is 0 Å². The molecule has 3 atom stereocenters. The number of hydrogen-bond acceptors (Lipinski definition) is 3. The molecule has 0 aromatic rings. The SMILES string of the molecule is CCCC(C)NC(=O)C(C)NCC(O)CC. The third-order valence-electron chi connectivity index (χ3n) is 2.63. The summed E-state index contributed by atoms with van der Waals surface area (Å²) in [6, 6.07) is -0.0293. The van der Waals surface area contributed by atoms with Gasteiger partial charge in [-0.2, -0.15) is 0 Å². The number of nitrogens with one attached hydrogen (secondary N) is 2. The summed E-state index contributed by atoms with van der Waals surface area (Å²) in [7, 11) is 0. The van der Waals surface area contributed by atoms with Crippen LogP contribution in [0.1, 0.15) is 47.0 Å². The minimum Gasteiger partial charge on any atom is -0.392 e. The zero-order valence-electron chi connectivity index (χ0n) is 10.9. The van der Waals surface area contributed by atoms with Crippen molar-refractivity contribution in [3.63, 3.8) is 0 Å². The number of hydrogen-bond donors (Lipinski definition) is 3. The van der Waals surface area contributed by atoms with Gasteiger partial charge in [0.25, 0.3) is 0 Å². The van der Waals surface area contributed by atoms with E-state index in [-0.39, 0.29) is 24.1 Å². The van der Waals surface area contributed by atoms with Crippen molar-refractivity contribution in [3.05, 3.63) is 0 Å². The van der Waals surface area contributed by atoms with Crippen LogP contribution in [-0.4, -0.2) is 35.7 Å². The molecule has 96 valence electrons. The zero-order valence-corrected chi connectivity index (χ0v) is 10.9. The summed E-state index contributed by atoms with van der Waals surface area (Å²) in [4.78, 5) is 11.7. The van der Waals surface area contributed by atoms with E-state index in [1.165, 1.54) is 0 Å². The maximum atomic E-state index is 11.7. The summed E-state index contributed by atoms with van der Waals surface area (Å²) in [5.41, 5.74) is 0. The molecule has 1 amide bonds. The summed E-state index contributed by atoms with van der Waals surface area (Å²) in [5, 5.41) is 15.3. The Balaban J connectivity index is 3.81. The van der Waals surface area contributed by atoms with E-state index >= 15 is 0 Å². The minimum atomic E-state index is -0.372. The van der Waals surface area contributed by atoms with E-state index in [1.54, 1.807) is 0 Å². The van der Waals surface area contributed by atoms with Crippen molar-refractivity contribution in [1.29, 1.82) is 0 Å². The minimum absolute atomic E-state index is 0.00394. The Labute approximate surface area is 98.8 Å². The molecular formula is C12H26N2O2. The topological polar surface area (TPSA) is 61.4 Å². The molecule has 0 saturated heterocycles. The smallest absolute Gasteiger partial charge is 0.237 e. The quantitative estimate of drug-likeness (QED) is 0.584. The molecule has 0 radical (unpaired) electrons. The lowest BCUT2D eigenvalue weighted by atomic mass is 10.2. The van der Waals surface area contributed by atoms with Crippen LogP contribution in [0.4, 0.5) is 0 Å². The number of carbonyl (C=O) groups is 1. The second-order valence-corrected chi connectivity index (χ2v) is 4.39. The normalized spacial score (nSPS) is 16.6. The molecule has 0 saturated carbocycles. The van der Waals surface area contributed by atoms with Crippen molar-refractivity contribution in [3.8, 4) is 0 Å². The first-order chi connectivity index (χ1) is 7.51. The molecule has 16 heavy (non-hydrogen) atoms. The molecule has 0 spiro atoms. The van der Waals surface area contributed by atoms with E-state index < -0.39 is 0 Å². The van der Waals surface area contributed by atoms with Gasteiger partial charge in [0, 0.05) is 12.6 Å². The van der Waals surface area contributed by atoms with Gasteiger partial charge < -0.3 is 15.7 Å². The number of aliphatic hydroxyl groups excluding tert-OH is 1. The molecule has 0 aliphatic rings. The molecule has 0 heterocycles. The van der Waals surface area contributed by atoms with Crippen LogP contribution < -0.4 is 10.6 Å². The van der Waals surface area contributed by atoms with Crippen molar-refractivity contribution >= 4 is 5.91 Å². The van der Waals surface area contributed by atoms with Crippen molar-refractivity contribution in [2.75, 3.05) is 6.54 Å². The van der Waals surface area contributed by atoms with Gasteiger partial charge in [0.2, 0.25) is 5.91 Å². The number of carbonyl (C=O) groups excluding carboxylic acids is 1. The van der Waals surface area contributed by atoms with Gasteiger partial charge in [-0.15, -0.1) is 0 Å². The highest BCUT2D eigenvalue weighted by molar-refractivity contribution is 5.81. The molecule has 4 nitrogen and oxygen atoms in total. The predicted molar refractivity (Wildman–Crippen MR) is 66.3 cm³/mol. The lowest BCUT2D eigenvalue weighted by molar-refractivity contribution is -0.123. The summed E-state index contributed by atoms with van der Waals surface area (Å²) in [6.07, 6.45) is 2.39. The Hall–Kier alpha value is -0.610. The molecule has 0 bridgehead atoms. The fourth-order valence-electron chi connectivity index (χ4n) is 1.42. The highest BCUT2D eigenvalue weighted by Gasteiger charge is 2.15. The maximum Gasteiger partial charge on any atom is 0.237 e. The zero-order chi connectivity index (χ0) is 12.6. The molecular weight excluding hydrogens is 204 g/mol. The van der Waals surface area contributed by atoms with Crippen LogP contribution in [0, 0.1) is 0 Å². The number of amides is 1. The Morgan fingerprint density at radius 3 is 2.44 bits per heavy atom. The highest BCUT2D eigenvalue weighted by Crippen LogP contribution is 1.96. The summed E-state index contributed by atoms with van der Waals surface area (Å²) in [5.74, 6) is 0.00394. The average Bonchev–Trinajstić information content (AvgIpc) is 2.25. The maximum absolute atomic E-state index is 11.7. The van der Waals surface area contributed by atoms with E-state index in [4.69, 9.17) is 0 Å². The molecule has 0 fully saturated rings. The summed E-state index contributed by atoms with van der Waals surface area (Å²) >= 11 is 0. The Morgan fingerprint density at radius 1 is 1.31 bits per heavy atom. The second-order valence-electron chi connectivity index (χ2n) is 4.39. The van der Waals surface area contributed by atoms with Gasteiger partial charge in [0.15, 0.2) is 0 Å². The monoisotopic (exact) mass is 230 g/mol. The van der Waals surface area contributed by atoms with Gasteiger partial charge >= 0.3 is 0 Å². The predicted octanol–water partition coefficient (Wildman–Crippen LogP) is 1.04. The van der Waals surface area contributed by atoms with Crippen LogP contribution in [0.2, 0.25) is 0 Å². The van der Waals surface area contributed by atoms with E-state index in [0.29, 0.717) is 13.0 Å². The van der Waals surface area contributed by atoms with E-state index in [0.717, 1.165) is 12.8 Å². The van der Waals surface area contributed by atoms with Gasteiger partial charge in [-0.05, 0) is 26.7 Å². The Bertz CT molecular complexity index is 197. The first kappa shape index (κ1) is 15.4. The number of rotatable bonds is 8. The Morgan fingerprint density at radius 2 is 1.94 bits per heavy atom. The van der Waals surface area contributed by atoms with Gasteiger partial charge in [-0.25, -0.2) is 0 Å². The van der Waals surface area contributed by atoms with Crippen LogP contribution in [0.25, 0.3) is 0 Å². The van der Waals surface area contributed by atoms with E-state index in [2.05, 4.69) is 17.6 Å². The van der Waals surface area contributed by atoms with Crippen LogP contribution in [0.15, 0.2) is 0 Å². The van der Waals surface area contributed by atoms with Crippen LogP contribution in [0.3, 0.4) is 0 Å². The van der Waals surface area contributed by atoms with Crippen molar-refractivity contribution < 1.29 is 9.90 Å². The molecule has 3 N–H and O–H groups in total. The van der Waals surface area contributed by atoms with E-state index in [9.17, 15) is 9.90 Å². The average molecular weight is 230 g/mol.